The van der Waals surface area contributed by atoms with Gasteiger partial charge in [-0.2, -0.15) is 0 Å². The maximum absolute atomic E-state index is 4.61. The van der Waals surface area contributed by atoms with E-state index in [-0.39, 0.29) is 0 Å². The molecule has 1 aromatic heterocycles. The standard InChI is InChI=1S/C13H21BrN4/c1-10-11(7-14)8-15-13(16-10)6-12-9-17(2)4-5-18(12)3/h8,12H,4-7,9H2,1-3H3. The predicted molar refractivity (Wildman–Crippen MR) is 77.0 cm³/mol. The Morgan fingerprint density at radius 1 is 1.39 bits per heavy atom. The summed E-state index contributed by atoms with van der Waals surface area (Å²) in [7, 11) is 4.37. The zero-order valence-electron chi connectivity index (χ0n) is 11.4. The first-order valence-electron chi connectivity index (χ1n) is 6.36. The van der Waals surface area contributed by atoms with E-state index in [9.17, 15) is 0 Å². The molecule has 0 aromatic carbocycles. The van der Waals surface area contributed by atoms with Crippen LogP contribution < -0.4 is 0 Å². The highest BCUT2D eigenvalue weighted by Gasteiger charge is 2.23. The third kappa shape index (κ3) is 3.28. The van der Waals surface area contributed by atoms with Crippen LogP contribution in [0, 0.1) is 6.92 Å². The third-order valence-electron chi connectivity index (χ3n) is 3.67. The lowest BCUT2D eigenvalue weighted by molar-refractivity contribution is 0.113. The molecule has 1 fully saturated rings. The quantitative estimate of drug-likeness (QED) is 0.791. The zero-order valence-corrected chi connectivity index (χ0v) is 12.9. The summed E-state index contributed by atoms with van der Waals surface area (Å²) in [5.74, 6) is 0.962. The molecule has 0 bridgehead atoms. The van der Waals surface area contributed by atoms with E-state index in [1.54, 1.807) is 0 Å². The molecule has 0 radical (unpaired) electrons. The Morgan fingerprint density at radius 2 is 2.17 bits per heavy atom. The molecule has 0 amide bonds. The normalized spacial score (nSPS) is 22.3. The van der Waals surface area contributed by atoms with Crippen molar-refractivity contribution in [3.63, 3.8) is 0 Å². The van der Waals surface area contributed by atoms with Gasteiger partial charge in [0.05, 0.1) is 0 Å². The summed E-state index contributed by atoms with van der Waals surface area (Å²) in [5, 5.41) is 0.825. The van der Waals surface area contributed by atoms with Crippen LogP contribution in [-0.2, 0) is 11.8 Å². The zero-order chi connectivity index (χ0) is 13.1. The van der Waals surface area contributed by atoms with Crippen LogP contribution in [0.25, 0.3) is 0 Å². The van der Waals surface area contributed by atoms with Gasteiger partial charge in [0.15, 0.2) is 0 Å². The minimum atomic E-state index is 0.526. The van der Waals surface area contributed by atoms with Crippen molar-refractivity contribution in [3.8, 4) is 0 Å². The Bertz CT molecular complexity index is 410. The number of hydrogen-bond acceptors (Lipinski definition) is 4. The highest BCUT2D eigenvalue weighted by Crippen LogP contribution is 2.13. The van der Waals surface area contributed by atoms with E-state index < -0.39 is 0 Å². The van der Waals surface area contributed by atoms with Gasteiger partial charge in [-0.1, -0.05) is 15.9 Å². The molecule has 100 valence electrons. The summed E-state index contributed by atoms with van der Waals surface area (Å²) in [5.41, 5.74) is 2.26. The Morgan fingerprint density at radius 3 is 2.83 bits per heavy atom. The minimum absolute atomic E-state index is 0.526. The fourth-order valence-electron chi connectivity index (χ4n) is 2.30. The second-order valence-electron chi connectivity index (χ2n) is 5.13. The van der Waals surface area contributed by atoms with Gasteiger partial charge >= 0.3 is 0 Å². The predicted octanol–water partition coefficient (Wildman–Crippen LogP) is 1.47. The van der Waals surface area contributed by atoms with Crippen molar-refractivity contribution in [2.45, 2.75) is 24.7 Å². The lowest BCUT2D eigenvalue weighted by Gasteiger charge is -2.37. The van der Waals surface area contributed by atoms with Crippen LogP contribution in [0.3, 0.4) is 0 Å². The van der Waals surface area contributed by atoms with Gasteiger partial charge in [-0.3, -0.25) is 0 Å². The molecule has 5 heteroatoms. The Kier molecular flexibility index (Phi) is 4.70. The Balaban J connectivity index is 2.06. The van der Waals surface area contributed by atoms with Crippen LogP contribution in [0.5, 0.6) is 0 Å². The van der Waals surface area contributed by atoms with Crippen molar-refractivity contribution in [2.75, 3.05) is 33.7 Å². The number of piperazine rings is 1. The van der Waals surface area contributed by atoms with E-state index >= 15 is 0 Å². The molecule has 2 rings (SSSR count). The van der Waals surface area contributed by atoms with Gasteiger partial charge in [0.2, 0.25) is 0 Å². The van der Waals surface area contributed by atoms with E-state index in [1.165, 1.54) is 5.56 Å². The topological polar surface area (TPSA) is 32.3 Å². The van der Waals surface area contributed by atoms with Crippen LogP contribution in [-0.4, -0.2) is 59.5 Å². The summed E-state index contributed by atoms with van der Waals surface area (Å²) >= 11 is 3.45. The number of aromatic nitrogens is 2. The molecule has 4 nitrogen and oxygen atoms in total. The average molecular weight is 313 g/mol. The molecule has 1 aromatic rings. The molecule has 2 heterocycles. The van der Waals surface area contributed by atoms with E-state index in [0.29, 0.717) is 6.04 Å². The van der Waals surface area contributed by atoms with Crippen LogP contribution >= 0.6 is 15.9 Å². The van der Waals surface area contributed by atoms with E-state index in [4.69, 9.17) is 0 Å². The number of nitrogens with zero attached hydrogens (tertiary/aromatic N) is 4. The maximum Gasteiger partial charge on any atom is 0.130 e. The van der Waals surface area contributed by atoms with Gasteiger partial charge in [0.1, 0.15) is 5.82 Å². The highest BCUT2D eigenvalue weighted by atomic mass is 79.9. The summed E-state index contributed by atoms with van der Waals surface area (Å²) in [6.45, 7) is 5.42. The van der Waals surface area contributed by atoms with Crippen molar-refractivity contribution >= 4 is 15.9 Å². The van der Waals surface area contributed by atoms with Crippen molar-refractivity contribution in [3.05, 3.63) is 23.3 Å². The SMILES string of the molecule is Cc1nc(CC2CN(C)CCN2C)ncc1CBr. The molecule has 1 unspecified atom stereocenters. The lowest BCUT2D eigenvalue weighted by atomic mass is 10.1. The van der Waals surface area contributed by atoms with E-state index in [1.807, 2.05) is 6.20 Å². The summed E-state index contributed by atoms with van der Waals surface area (Å²) in [6, 6.07) is 0.526. The molecular weight excluding hydrogens is 292 g/mol. The first-order chi connectivity index (χ1) is 8.60. The monoisotopic (exact) mass is 312 g/mol. The van der Waals surface area contributed by atoms with Crippen molar-refractivity contribution < 1.29 is 0 Å². The molecule has 0 spiro atoms. The van der Waals surface area contributed by atoms with Gasteiger partial charge in [0.25, 0.3) is 0 Å². The Hall–Kier alpha value is -0.520. The number of rotatable bonds is 3. The van der Waals surface area contributed by atoms with Gasteiger partial charge < -0.3 is 9.80 Å². The minimum Gasteiger partial charge on any atom is -0.304 e. The number of aryl methyl sites for hydroxylation is 1. The van der Waals surface area contributed by atoms with Crippen LogP contribution in [0.4, 0.5) is 0 Å². The lowest BCUT2D eigenvalue weighted by Crippen LogP contribution is -2.51. The first-order valence-corrected chi connectivity index (χ1v) is 7.48. The fraction of sp³-hybridized carbons (Fsp3) is 0.692. The number of hydrogen-bond donors (Lipinski definition) is 0. The highest BCUT2D eigenvalue weighted by molar-refractivity contribution is 9.08. The summed E-state index contributed by atoms with van der Waals surface area (Å²) in [6.07, 6.45) is 2.88. The Labute approximate surface area is 118 Å². The van der Waals surface area contributed by atoms with Gasteiger partial charge in [-0.25, -0.2) is 9.97 Å². The summed E-state index contributed by atoms with van der Waals surface area (Å²) < 4.78 is 0. The van der Waals surface area contributed by atoms with Crippen molar-refractivity contribution in [2.24, 2.45) is 0 Å². The first kappa shape index (κ1) is 13.9. The second kappa shape index (κ2) is 6.08. The number of alkyl halides is 1. The molecule has 0 N–H and O–H groups in total. The van der Waals surface area contributed by atoms with Crippen LogP contribution in [0.1, 0.15) is 17.1 Å². The van der Waals surface area contributed by atoms with E-state index in [2.05, 4.69) is 56.7 Å². The third-order valence-corrected chi connectivity index (χ3v) is 4.28. The van der Waals surface area contributed by atoms with E-state index in [0.717, 1.165) is 42.9 Å². The van der Waals surface area contributed by atoms with Gasteiger partial charge in [-0.05, 0) is 21.0 Å². The van der Waals surface area contributed by atoms with Crippen LogP contribution in [0.15, 0.2) is 6.20 Å². The number of halogens is 1. The average Bonchev–Trinajstić information content (AvgIpc) is 2.34. The maximum atomic E-state index is 4.61. The molecule has 18 heavy (non-hydrogen) atoms. The largest absolute Gasteiger partial charge is 0.304 e. The second-order valence-corrected chi connectivity index (χ2v) is 5.69. The van der Waals surface area contributed by atoms with Crippen LogP contribution in [0.2, 0.25) is 0 Å². The molecule has 0 aliphatic carbocycles. The van der Waals surface area contributed by atoms with Gasteiger partial charge in [0, 0.05) is 54.9 Å². The molecule has 1 atom stereocenters. The summed E-state index contributed by atoms with van der Waals surface area (Å²) in [4.78, 5) is 13.9. The smallest absolute Gasteiger partial charge is 0.130 e. The van der Waals surface area contributed by atoms with Crippen molar-refractivity contribution in [1.82, 2.24) is 19.8 Å². The molecular formula is C13H21BrN4. The number of likely N-dealkylation sites (N-methyl/N-ethyl adjacent to an activating group) is 2. The molecule has 0 saturated carbocycles. The fourth-order valence-corrected chi connectivity index (χ4v) is 2.85. The molecule has 1 aliphatic heterocycles. The molecule has 1 saturated heterocycles. The van der Waals surface area contributed by atoms with Gasteiger partial charge in [-0.15, -0.1) is 0 Å². The van der Waals surface area contributed by atoms with Crippen molar-refractivity contribution in [1.29, 1.82) is 0 Å². The molecule has 1 aliphatic rings.